The Labute approximate surface area is 104 Å². The maximum atomic E-state index is 13.3. The Kier molecular flexibility index (Phi) is 3.61. The molecule has 0 aliphatic carbocycles. The third kappa shape index (κ3) is 3.04. The highest BCUT2D eigenvalue weighted by Gasteiger charge is 2.33. The molecule has 0 bridgehead atoms. The van der Waals surface area contributed by atoms with Crippen LogP contribution in [0.5, 0.6) is 0 Å². The summed E-state index contributed by atoms with van der Waals surface area (Å²) in [5, 5.41) is 2.74. The number of hydrogen-bond acceptors (Lipinski definition) is 2. The highest BCUT2D eigenvalue weighted by atomic mass is 19.1. The van der Waals surface area contributed by atoms with Crippen LogP contribution in [-0.2, 0) is 16.0 Å². The Morgan fingerprint density at radius 1 is 1.44 bits per heavy atom. The van der Waals surface area contributed by atoms with Crippen LogP contribution >= 0.6 is 0 Å². The molecule has 1 aromatic carbocycles. The maximum absolute atomic E-state index is 13.3. The lowest BCUT2D eigenvalue weighted by atomic mass is 9.89. The SMILES string of the molecule is CC1(CNC(=O)Cc2ccc(F)cc2F)COC1. The maximum Gasteiger partial charge on any atom is 0.224 e. The van der Waals surface area contributed by atoms with Gasteiger partial charge in [-0.25, -0.2) is 8.78 Å². The van der Waals surface area contributed by atoms with Gasteiger partial charge in [0.1, 0.15) is 11.6 Å². The first kappa shape index (κ1) is 13.0. The zero-order chi connectivity index (χ0) is 13.2. The molecule has 1 N–H and O–H groups in total. The van der Waals surface area contributed by atoms with Gasteiger partial charge in [0.2, 0.25) is 5.91 Å². The summed E-state index contributed by atoms with van der Waals surface area (Å²) >= 11 is 0. The molecule has 1 heterocycles. The molecule has 0 spiro atoms. The molecule has 1 aliphatic rings. The van der Waals surface area contributed by atoms with Crippen molar-refractivity contribution in [3.8, 4) is 0 Å². The predicted octanol–water partition coefficient (Wildman–Crippen LogP) is 1.66. The van der Waals surface area contributed by atoms with Crippen molar-refractivity contribution in [3.05, 3.63) is 35.4 Å². The van der Waals surface area contributed by atoms with Crippen molar-refractivity contribution in [3.63, 3.8) is 0 Å². The van der Waals surface area contributed by atoms with Crippen molar-refractivity contribution in [1.29, 1.82) is 0 Å². The number of amides is 1. The minimum Gasteiger partial charge on any atom is -0.380 e. The second kappa shape index (κ2) is 5.02. The van der Waals surface area contributed by atoms with Gasteiger partial charge in [-0.1, -0.05) is 13.0 Å². The predicted molar refractivity (Wildman–Crippen MR) is 62.0 cm³/mol. The largest absolute Gasteiger partial charge is 0.380 e. The first-order valence-corrected chi connectivity index (χ1v) is 5.77. The molecule has 0 aromatic heterocycles. The van der Waals surface area contributed by atoms with Crippen molar-refractivity contribution < 1.29 is 18.3 Å². The van der Waals surface area contributed by atoms with E-state index in [9.17, 15) is 13.6 Å². The van der Waals surface area contributed by atoms with Gasteiger partial charge < -0.3 is 10.1 Å². The van der Waals surface area contributed by atoms with E-state index in [1.165, 1.54) is 6.07 Å². The lowest BCUT2D eigenvalue weighted by Gasteiger charge is -2.38. The molecule has 1 aliphatic heterocycles. The third-order valence-electron chi connectivity index (χ3n) is 2.98. The summed E-state index contributed by atoms with van der Waals surface area (Å²) in [6, 6.07) is 3.22. The molecule has 1 fully saturated rings. The van der Waals surface area contributed by atoms with Crippen LogP contribution < -0.4 is 5.32 Å². The molecule has 3 nitrogen and oxygen atoms in total. The number of halogens is 2. The summed E-state index contributed by atoms with van der Waals surface area (Å²) in [4.78, 5) is 11.6. The molecule has 0 radical (unpaired) electrons. The fourth-order valence-electron chi connectivity index (χ4n) is 1.77. The van der Waals surface area contributed by atoms with Crippen LogP contribution in [0, 0.1) is 17.0 Å². The molecular weight excluding hydrogens is 240 g/mol. The average Bonchev–Trinajstić information content (AvgIpc) is 2.28. The van der Waals surface area contributed by atoms with E-state index >= 15 is 0 Å². The normalized spacial score (nSPS) is 17.1. The second-order valence-corrected chi connectivity index (χ2v) is 4.99. The smallest absolute Gasteiger partial charge is 0.224 e. The standard InChI is InChI=1S/C13H15F2NO2/c1-13(7-18-8-13)6-16-12(17)4-9-2-3-10(14)5-11(9)15/h2-3,5H,4,6-8H2,1H3,(H,16,17). The van der Waals surface area contributed by atoms with Crippen molar-refractivity contribution in [2.45, 2.75) is 13.3 Å². The first-order valence-electron chi connectivity index (χ1n) is 5.77. The average molecular weight is 255 g/mol. The molecule has 1 aromatic rings. The van der Waals surface area contributed by atoms with Crippen LogP contribution in [-0.4, -0.2) is 25.7 Å². The van der Waals surface area contributed by atoms with Gasteiger partial charge in [-0.05, 0) is 11.6 Å². The van der Waals surface area contributed by atoms with E-state index in [0.717, 1.165) is 12.1 Å². The Hall–Kier alpha value is -1.49. The van der Waals surface area contributed by atoms with Crippen LogP contribution in [0.1, 0.15) is 12.5 Å². The van der Waals surface area contributed by atoms with E-state index in [4.69, 9.17) is 4.74 Å². The lowest BCUT2D eigenvalue weighted by Crippen LogP contribution is -2.48. The van der Waals surface area contributed by atoms with Crippen LogP contribution in [0.3, 0.4) is 0 Å². The highest BCUT2D eigenvalue weighted by molar-refractivity contribution is 5.78. The Bertz CT molecular complexity index is 458. The van der Waals surface area contributed by atoms with Gasteiger partial charge >= 0.3 is 0 Å². The van der Waals surface area contributed by atoms with Gasteiger partial charge in [0.15, 0.2) is 0 Å². The molecular formula is C13H15F2NO2. The minimum absolute atomic E-state index is 0.0169. The molecule has 5 heteroatoms. The quantitative estimate of drug-likeness (QED) is 0.888. The topological polar surface area (TPSA) is 38.3 Å². The summed E-state index contributed by atoms with van der Waals surface area (Å²) in [6.07, 6.45) is -0.0803. The van der Waals surface area contributed by atoms with E-state index in [1.54, 1.807) is 0 Å². The fourth-order valence-corrected chi connectivity index (χ4v) is 1.77. The number of hydrogen-bond donors (Lipinski definition) is 1. The number of nitrogens with one attached hydrogen (secondary N) is 1. The third-order valence-corrected chi connectivity index (χ3v) is 2.98. The van der Waals surface area contributed by atoms with Crippen molar-refractivity contribution in [2.75, 3.05) is 19.8 Å². The molecule has 0 unspecified atom stereocenters. The summed E-state index contributed by atoms with van der Waals surface area (Å²) in [6.45, 7) is 3.76. The van der Waals surface area contributed by atoms with Crippen LogP contribution in [0.4, 0.5) is 8.78 Å². The fraction of sp³-hybridized carbons (Fsp3) is 0.462. The molecule has 98 valence electrons. The number of carbonyl (C=O) groups is 1. The van der Waals surface area contributed by atoms with E-state index in [-0.39, 0.29) is 23.3 Å². The highest BCUT2D eigenvalue weighted by Crippen LogP contribution is 2.25. The molecule has 2 rings (SSSR count). The number of benzene rings is 1. The van der Waals surface area contributed by atoms with E-state index < -0.39 is 11.6 Å². The number of rotatable bonds is 4. The Morgan fingerprint density at radius 3 is 2.72 bits per heavy atom. The van der Waals surface area contributed by atoms with E-state index in [2.05, 4.69) is 5.32 Å². The molecule has 1 saturated heterocycles. The zero-order valence-corrected chi connectivity index (χ0v) is 10.1. The molecule has 0 atom stereocenters. The lowest BCUT2D eigenvalue weighted by molar-refractivity contribution is -0.126. The molecule has 0 saturated carbocycles. The van der Waals surface area contributed by atoms with Gasteiger partial charge in [0.25, 0.3) is 0 Å². The number of carbonyl (C=O) groups excluding carboxylic acids is 1. The zero-order valence-electron chi connectivity index (χ0n) is 10.1. The summed E-state index contributed by atoms with van der Waals surface area (Å²) in [5.74, 6) is -1.60. The van der Waals surface area contributed by atoms with Gasteiger partial charge in [-0.3, -0.25) is 4.79 Å². The van der Waals surface area contributed by atoms with Crippen LogP contribution in [0.15, 0.2) is 18.2 Å². The second-order valence-electron chi connectivity index (χ2n) is 4.99. The molecule has 1 amide bonds. The summed E-state index contributed by atoms with van der Waals surface area (Å²) < 4.78 is 31.1. The van der Waals surface area contributed by atoms with Gasteiger partial charge in [0.05, 0.1) is 19.6 Å². The van der Waals surface area contributed by atoms with Gasteiger partial charge in [-0.2, -0.15) is 0 Å². The van der Waals surface area contributed by atoms with Crippen molar-refractivity contribution in [2.24, 2.45) is 5.41 Å². The van der Waals surface area contributed by atoms with Gasteiger partial charge in [0, 0.05) is 18.0 Å². The minimum atomic E-state index is -0.691. The monoisotopic (exact) mass is 255 g/mol. The van der Waals surface area contributed by atoms with Crippen LogP contribution in [0.2, 0.25) is 0 Å². The Morgan fingerprint density at radius 2 is 2.17 bits per heavy atom. The van der Waals surface area contributed by atoms with E-state index in [0.29, 0.717) is 19.8 Å². The summed E-state index contributed by atoms with van der Waals surface area (Å²) in [5.41, 5.74) is 0.181. The van der Waals surface area contributed by atoms with E-state index in [1.807, 2.05) is 6.92 Å². The number of ether oxygens (including phenoxy) is 1. The van der Waals surface area contributed by atoms with Crippen LogP contribution in [0.25, 0.3) is 0 Å². The van der Waals surface area contributed by atoms with Gasteiger partial charge in [-0.15, -0.1) is 0 Å². The van der Waals surface area contributed by atoms with Crippen molar-refractivity contribution >= 4 is 5.91 Å². The van der Waals surface area contributed by atoms with Crippen molar-refractivity contribution in [1.82, 2.24) is 5.32 Å². The molecule has 18 heavy (non-hydrogen) atoms. The Balaban J connectivity index is 1.87. The summed E-state index contributed by atoms with van der Waals surface area (Å²) in [7, 11) is 0. The first-order chi connectivity index (χ1) is 8.48.